The van der Waals surface area contributed by atoms with Gasteiger partial charge in [0, 0.05) is 25.0 Å². The number of anilines is 1. The van der Waals surface area contributed by atoms with Gasteiger partial charge >= 0.3 is 11.7 Å². The summed E-state index contributed by atoms with van der Waals surface area (Å²) in [6.07, 6.45) is 3.65. The molecule has 3 aromatic rings. The smallest absolute Gasteiger partial charge is 0.346 e. The molecule has 9 nitrogen and oxygen atoms in total. The number of aryl methyl sites for hydroxylation is 1. The fourth-order valence-corrected chi connectivity index (χ4v) is 4.96. The second-order valence-corrected chi connectivity index (χ2v) is 10.1. The Morgan fingerprint density at radius 1 is 1.09 bits per heavy atom. The van der Waals surface area contributed by atoms with Crippen LogP contribution in [-0.2, 0) is 34.3 Å². The molecule has 1 aliphatic heterocycles. The van der Waals surface area contributed by atoms with E-state index in [1.165, 1.54) is 55.6 Å². The minimum absolute atomic E-state index is 0.105. The van der Waals surface area contributed by atoms with Crippen LogP contribution >= 0.6 is 11.6 Å². The summed E-state index contributed by atoms with van der Waals surface area (Å²) in [6, 6.07) is 11.9. The monoisotopic (exact) mass is 490 g/mol. The van der Waals surface area contributed by atoms with Gasteiger partial charge in [-0.25, -0.2) is 22.7 Å². The van der Waals surface area contributed by atoms with Gasteiger partial charge in [0.2, 0.25) is 0 Å². The predicted molar refractivity (Wildman–Crippen MR) is 123 cm³/mol. The van der Waals surface area contributed by atoms with Crippen molar-refractivity contribution >= 4 is 33.3 Å². The molecule has 33 heavy (non-hydrogen) atoms. The standard InChI is InChI=1S/C22H23ClN4O5S/c1-25(33(30,31)19-12-6-16(23)7-13-19)17-8-10-18(11-9-17)32-21(28)15-27-22(29)26-14-4-2-3-5-20(26)24-27/h6-13H,2-5,14-15H2,1H3. The van der Waals surface area contributed by atoms with Crippen molar-refractivity contribution in [3.8, 4) is 5.75 Å². The summed E-state index contributed by atoms with van der Waals surface area (Å²) in [5.74, 6) is 0.287. The Kier molecular flexibility index (Phi) is 6.57. The van der Waals surface area contributed by atoms with Gasteiger partial charge in [-0.05, 0) is 61.4 Å². The normalized spacial score (nSPS) is 13.8. The Hall–Kier alpha value is -3.11. The second-order valence-electron chi connectivity index (χ2n) is 7.71. The highest BCUT2D eigenvalue weighted by Gasteiger charge is 2.22. The maximum atomic E-state index is 12.8. The maximum Gasteiger partial charge on any atom is 0.346 e. The number of carbonyl (C=O) groups excluding carboxylic acids is 1. The van der Waals surface area contributed by atoms with E-state index in [0.29, 0.717) is 29.5 Å². The van der Waals surface area contributed by atoms with E-state index in [0.717, 1.165) is 28.2 Å². The second kappa shape index (κ2) is 9.40. The summed E-state index contributed by atoms with van der Waals surface area (Å²) in [6.45, 7) is 0.308. The summed E-state index contributed by atoms with van der Waals surface area (Å²) in [7, 11) is -2.35. The summed E-state index contributed by atoms with van der Waals surface area (Å²) in [4.78, 5) is 25.0. The average Bonchev–Trinajstić information content (AvgIpc) is 2.94. The summed E-state index contributed by atoms with van der Waals surface area (Å²) in [5.41, 5.74) is 0.0760. The van der Waals surface area contributed by atoms with Crippen molar-refractivity contribution in [1.29, 1.82) is 0 Å². The third kappa shape index (κ3) is 4.96. The van der Waals surface area contributed by atoms with E-state index >= 15 is 0 Å². The highest BCUT2D eigenvalue weighted by atomic mass is 35.5. The molecule has 2 heterocycles. The number of aromatic nitrogens is 3. The summed E-state index contributed by atoms with van der Waals surface area (Å²) in [5, 5.41) is 4.72. The molecule has 0 saturated carbocycles. The molecule has 1 aromatic heterocycles. The number of benzene rings is 2. The molecule has 0 unspecified atom stereocenters. The van der Waals surface area contributed by atoms with Crippen LogP contribution in [0.25, 0.3) is 0 Å². The number of fused-ring (bicyclic) bond motifs is 1. The quantitative estimate of drug-likeness (QED) is 0.389. The molecule has 0 saturated heterocycles. The zero-order valence-electron chi connectivity index (χ0n) is 18.0. The van der Waals surface area contributed by atoms with Crippen LogP contribution in [0.5, 0.6) is 5.75 Å². The van der Waals surface area contributed by atoms with Gasteiger partial charge in [0.05, 0.1) is 10.6 Å². The SMILES string of the molecule is CN(c1ccc(OC(=O)Cn2nc3n(c2=O)CCCCC3)cc1)S(=O)(=O)c1ccc(Cl)cc1. The highest BCUT2D eigenvalue weighted by Crippen LogP contribution is 2.25. The van der Waals surface area contributed by atoms with E-state index in [-0.39, 0.29) is 22.9 Å². The maximum absolute atomic E-state index is 12.8. The average molecular weight is 491 g/mol. The van der Waals surface area contributed by atoms with Crippen LogP contribution in [0.1, 0.15) is 25.1 Å². The Bertz CT molecular complexity index is 1310. The van der Waals surface area contributed by atoms with Crippen molar-refractivity contribution < 1.29 is 17.9 Å². The zero-order chi connectivity index (χ0) is 23.6. The third-order valence-corrected chi connectivity index (χ3v) is 7.52. The number of ether oxygens (including phenoxy) is 1. The van der Waals surface area contributed by atoms with Gasteiger partial charge in [-0.2, -0.15) is 5.10 Å². The van der Waals surface area contributed by atoms with Crippen molar-refractivity contribution in [2.75, 3.05) is 11.4 Å². The molecule has 0 bridgehead atoms. The Labute approximate surface area is 196 Å². The molecule has 0 radical (unpaired) electrons. The fraction of sp³-hybridized carbons (Fsp3) is 0.318. The minimum atomic E-state index is -3.78. The first-order valence-electron chi connectivity index (χ1n) is 10.5. The number of halogens is 1. The summed E-state index contributed by atoms with van der Waals surface area (Å²) >= 11 is 5.84. The number of sulfonamides is 1. The molecule has 11 heteroatoms. The Morgan fingerprint density at radius 2 is 1.79 bits per heavy atom. The van der Waals surface area contributed by atoms with Gasteiger partial charge in [0.25, 0.3) is 10.0 Å². The molecule has 0 atom stereocenters. The lowest BCUT2D eigenvalue weighted by molar-refractivity contribution is -0.135. The minimum Gasteiger partial charge on any atom is -0.425 e. The first kappa shape index (κ1) is 23.1. The summed E-state index contributed by atoms with van der Waals surface area (Å²) < 4.78 is 34.8. The topological polar surface area (TPSA) is 104 Å². The number of hydrogen-bond donors (Lipinski definition) is 0. The molecule has 0 N–H and O–H groups in total. The zero-order valence-corrected chi connectivity index (χ0v) is 19.6. The third-order valence-electron chi connectivity index (χ3n) is 5.46. The number of rotatable bonds is 6. The van der Waals surface area contributed by atoms with E-state index < -0.39 is 16.0 Å². The fourth-order valence-electron chi connectivity index (χ4n) is 3.64. The molecular formula is C22H23ClN4O5S. The molecule has 0 amide bonds. The molecular weight excluding hydrogens is 468 g/mol. The predicted octanol–water partition coefficient (Wildman–Crippen LogP) is 2.86. The highest BCUT2D eigenvalue weighted by molar-refractivity contribution is 7.92. The van der Waals surface area contributed by atoms with Gasteiger partial charge in [0.1, 0.15) is 18.1 Å². The molecule has 2 aromatic carbocycles. The van der Waals surface area contributed by atoms with E-state index in [2.05, 4.69) is 5.10 Å². The number of esters is 1. The van der Waals surface area contributed by atoms with E-state index in [1.807, 2.05) is 0 Å². The van der Waals surface area contributed by atoms with Gasteiger partial charge in [0.15, 0.2) is 0 Å². The van der Waals surface area contributed by atoms with Crippen molar-refractivity contribution in [2.45, 2.75) is 43.7 Å². The molecule has 0 spiro atoms. The molecule has 0 aliphatic carbocycles. The molecule has 174 valence electrons. The molecule has 0 fully saturated rings. The number of carbonyl (C=O) groups is 1. The van der Waals surface area contributed by atoms with Crippen molar-refractivity contribution in [3.05, 3.63) is 69.9 Å². The first-order valence-corrected chi connectivity index (χ1v) is 12.3. The largest absolute Gasteiger partial charge is 0.425 e. The molecule has 4 rings (SSSR count). The van der Waals surface area contributed by atoms with Crippen molar-refractivity contribution in [2.24, 2.45) is 0 Å². The van der Waals surface area contributed by atoms with Gasteiger partial charge in [-0.3, -0.25) is 8.87 Å². The van der Waals surface area contributed by atoms with Crippen LogP contribution in [0.2, 0.25) is 5.02 Å². The lowest BCUT2D eigenvalue weighted by Crippen LogP contribution is -2.29. The van der Waals surface area contributed by atoms with E-state index in [1.54, 1.807) is 4.57 Å². The van der Waals surface area contributed by atoms with Gasteiger partial charge in [-0.15, -0.1) is 0 Å². The van der Waals surface area contributed by atoms with Crippen LogP contribution in [0, 0.1) is 0 Å². The van der Waals surface area contributed by atoms with Crippen LogP contribution in [0.4, 0.5) is 5.69 Å². The van der Waals surface area contributed by atoms with Gasteiger partial charge < -0.3 is 4.74 Å². The lowest BCUT2D eigenvalue weighted by Gasteiger charge is -2.19. The van der Waals surface area contributed by atoms with Gasteiger partial charge in [-0.1, -0.05) is 18.0 Å². The van der Waals surface area contributed by atoms with Crippen LogP contribution in [-0.4, -0.2) is 35.8 Å². The molecule has 1 aliphatic rings. The Balaban J connectivity index is 1.43. The van der Waals surface area contributed by atoms with Crippen molar-refractivity contribution in [3.63, 3.8) is 0 Å². The number of nitrogens with zero attached hydrogens (tertiary/aromatic N) is 4. The first-order chi connectivity index (χ1) is 15.8. The Morgan fingerprint density at radius 3 is 2.48 bits per heavy atom. The lowest BCUT2D eigenvalue weighted by atomic mass is 10.2. The van der Waals surface area contributed by atoms with E-state index in [9.17, 15) is 18.0 Å². The van der Waals surface area contributed by atoms with Crippen LogP contribution < -0.4 is 14.7 Å². The van der Waals surface area contributed by atoms with Crippen molar-refractivity contribution in [1.82, 2.24) is 14.3 Å². The number of hydrogen-bond acceptors (Lipinski definition) is 6. The van der Waals surface area contributed by atoms with Crippen LogP contribution in [0.3, 0.4) is 0 Å². The van der Waals surface area contributed by atoms with Crippen LogP contribution in [0.15, 0.2) is 58.2 Å². The van der Waals surface area contributed by atoms with E-state index in [4.69, 9.17) is 16.3 Å².